The number of ether oxygens (including phenoxy) is 4. The molecule has 0 aromatic heterocycles. The van der Waals surface area contributed by atoms with Crippen molar-refractivity contribution in [1.29, 1.82) is 5.26 Å². The van der Waals surface area contributed by atoms with Crippen LogP contribution >= 0.6 is 0 Å². The van der Waals surface area contributed by atoms with E-state index in [4.69, 9.17) is 24.2 Å². The smallest absolute Gasteiger partial charge is 0.311 e. The number of amides is 1. The van der Waals surface area contributed by atoms with Crippen LogP contribution in [-0.4, -0.2) is 39.3 Å². The van der Waals surface area contributed by atoms with Gasteiger partial charge < -0.3 is 24.3 Å². The molecule has 2 aromatic rings. The number of carbonyl (C=O) groups excluding carboxylic acids is 2. The predicted octanol–water partition coefficient (Wildman–Crippen LogP) is 2.70. The monoisotopic (exact) mass is 398 g/mol. The van der Waals surface area contributed by atoms with Gasteiger partial charge in [0, 0.05) is 5.69 Å². The number of esters is 1. The molecule has 0 saturated carbocycles. The Morgan fingerprint density at radius 2 is 1.72 bits per heavy atom. The van der Waals surface area contributed by atoms with Gasteiger partial charge in [-0.2, -0.15) is 5.26 Å². The summed E-state index contributed by atoms with van der Waals surface area (Å²) in [6, 6.07) is 11.7. The normalized spacial score (nSPS) is 11.0. The molecule has 0 radical (unpaired) electrons. The number of benzene rings is 2. The first-order chi connectivity index (χ1) is 13.9. The Hall–Kier alpha value is -3.73. The van der Waals surface area contributed by atoms with Crippen LogP contribution in [0, 0.1) is 11.3 Å². The van der Waals surface area contributed by atoms with E-state index in [0.717, 1.165) is 0 Å². The van der Waals surface area contributed by atoms with Crippen LogP contribution in [0.4, 0.5) is 5.69 Å². The molecule has 8 heteroatoms. The van der Waals surface area contributed by atoms with E-state index in [0.29, 0.717) is 34.1 Å². The number of nitrogens with one attached hydrogen (secondary N) is 1. The van der Waals surface area contributed by atoms with Crippen molar-refractivity contribution in [3.63, 3.8) is 0 Å². The largest absolute Gasteiger partial charge is 0.493 e. The van der Waals surface area contributed by atoms with Crippen LogP contribution < -0.4 is 19.5 Å². The highest BCUT2D eigenvalue weighted by atomic mass is 16.5. The zero-order valence-corrected chi connectivity index (χ0v) is 16.6. The average molecular weight is 398 g/mol. The third-order valence-corrected chi connectivity index (χ3v) is 4.01. The fraction of sp³-hybridized carbons (Fsp3) is 0.286. The molecule has 0 aliphatic heterocycles. The summed E-state index contributed by atoms with van der Waals surface area (Å²) in [7, 11) is 4.45. The first kappa shape index (κ1) is 21.6. The lowest BCUT2D eigenvalue weighted by atomic mass is 10.1. The number of nitrogens with zero attached hydrogens (tertiary/aromatic N) is 1. The summed E-state index contributed by atoms with van der Waals surface area (Å²) in [5, 5.41) is 11.5. The van der Waals surface area contributed by atoms with Crippen LogP contribution in [0.15, 0.2) is 36.4 Å². The molecule has 0 spiro atoms. The second-order valence-corrected chi connectivity index (χ2v) is 6.02. The van der Waals surface area contributed by atoms with E-state index < -0.39 is 18.0 Å². The fourth-order valence-corrected chi connectivity index (χ4v) is 2.61. The average Bonchev–Trinajstić information content (AvgIpc) is 2.72. The highest BCUT2D eigenvalue weighted by Crippen LogP contribution is 2.38. The lowest BCUT2D eigenvalue weighted by Crippen LogP contribution is -2.30. The minimum Gasteiger partial charge on any atom is -0.493 e. The van der Waals surface area contributed by atoms with Gasteiger partial charge in [0.05, 0.1) is 39.4 Å². The summed E-state index contributed by atoms with van der Waals surface area (Å²) in [6.07, 6.45) is -1.10. The molecular formula is C21H22N2O6. The van der Waals surface area contributed by atoms with E-state index in [1.54, 1.807) is 30.3 Å². The van der Waals surface area contributed by atoms with Crippen molar-refractivity contribution in [1.82, 2.24) is 0 Å². The second kappa shape index (κ2) is 9.99. The highest BCUT2D eigenvalue weighted by molar-refractivity contribution is 5.95. The molecule has 0 fully saturated rings. The minimum absolute atomic E-state index is 0.0851. The van der Waals surface area contributed by atoms with Gasteiger partial charge in [0.2, 0.25) is 5.75 Å². The topological polar surface area (TPSA) is 107 Å². The van der Waals surface area contributed by atoms with Gasteiger partial charge in [0.15, 0.2) is 17.6 Å². The maximum Gasteiger partial charge on any atom is 0.311 e. The summed E-state index contributed by atoms with van der Waals surface area (Å²) in [6.45, 7) is 1.47. The number of hydrogen-bond donors (Lipinski definition) is 1. The van der Waals surface area contributed by atoms with Crippen molar-refractivity contribution in [3.05, 3.63) is 47.5 Å². The summed E-state index contributed by atoms with van der Waals surface area (Å²) in [5.41, 5.74) is 1.44. The lowest BCUT2D eigenvalue weighted by Gasteiger charge is -2.15. The Morgan fingerprint density at radius 1 is 1.07 bits per heavy atom. The standard InChI is InChI=1S/C21H22N2O6/c1-13(21(25)23-16-7-5-6-14(8-16)12-22)29-19(24)11-15-9-17(26-2)20(28-4)18(10-15)27-3/h5-10,13H,11H2,1-4H3,(H,23,25). The van der Waals surface area contributed by atoms with Crippen molar-refractivity contribution in [2.24, 2.45) is 0 Å². The maximum atomic E-state index is 12.3. The van der Waals surface area contributed by atoms with Crippen LogP contribution in [0.25, 0.3) is 0 Å². The number of rotatable bonds is 8. The number of anilines is 1. The predicted molar refractivity (Wildman–Crippen MR) is 105 cm³/mol. The molecule has 152 valence electrons. The summed E-state index contributed by atoms with van der Waals surface area (Å²) >= 11 is 0. The van der Waals surface area contributed by atoms with Gasteiger partial charge in [-0.05, 0) is 42.8 Å². The molecule has 2 aromatic carbocycles. The number of methoxy groups -OCH3 is 3. The number of carbonyl (C=O) groups is 2. The first-order valence-electron chi connectivity index (χ1n) is 8.71. The van der Waals surface area contributed by atoms with Crippen LogP contribution in [0.1, 0.15) is 18.1 Å². The van der Waals surface area contributed by atoms with Crippen LogP contribution in [0.2, 0.25) is 0 Å². The quantitative estimate of drug-likeness (QED) is 0.681. The van der Waals surface area contributed by atoms with Crippen molar-refractivity contribution in [2.75, 3.05) is 26.6 Å². The molecular weight excluding hydrogens is 376 g/mol. The molecule has 29 heavy (non-hydrogen) atoms. The van der Waals surface area contributed by atoms with Gasteiger partial charge in [0.1, 0.15) is 0 Å². The molecule has 1 amide bonds. The van der Waals surface area contributed by atoms with Gasteiger partial charge in [0.25, 0.3) is 5.91 Å². The summed E-state index contributed by atoms with van der Waals surface area (Å²) < 4.78 is 21.0. The van der Waals surface area contributed by atoms with Gasteiger partial charge >= 0.3 is 5.97 Å². The van der Waals surface area contributed by atoms with Crippen molar-refractivity contribution >= 4 is 17.6 Å². The molecule has 0 saturated heterocycles. The fourth-order valence-electron chi connectivity index (χ4n) is 2.61. The van der Waals surface area contributed by atoms with Crippen LogP contribution in [-0.2, 0) is 20.7 Å². The van der Waals surface area contributed by atoms with Gasteiger partial charge in [-0.3, -0.25) is 9.59 Å². The highest BCUT2D eigenvalue weighted by Gasteiger charge is 2.20. The first-order valence-corrected chi connectivity index (χ1v) is 8.71. The van der Waals surface area contributed by atoms with E-state index in [9.17, 15) is 9.59 Å². The molecule has 1 atom stereocenters. The molecule has 1 unspecified atom stereocenters. The number of nitriles is 1. The molecule has 0 bridgehead atoms. The Kier molecular flexibility index (Phi) is 7.43. The third kappa shape index (κ3) is 5.62. The van der Waals surface area contributed by atoms with E-state index in [-0.39, 0.29) is 6.42 Å². The zero-order chi connectivity index (χ0) is 21.4. The van der Waals surface area contributed by atoms with E-state index in [1.807, 2.05) is 6.07 Å². The Morgan fingerprint density at radius 3 is 2.28 bits per heavy atom. The van der Waals surface area contributed by atoms with Gasteiger partial charge in [-0.1, -0.05) is 6.07 Å². The third-order valence-electron chi connectivity index (χ3n) is 4.01. The van der Waals surface area contributed by atoms with Crippen molar-refractivity contribution < 1.29 is 28.5 Å². The van der Waals surface area contributed by atoms with Crippen molar-refractivity contribution in [3.8, 4) is 23.3 Å². The van der Waals surface area contributed by atoms with Crippen LogP contribution in [0.3, 0.4) is 0 Å². The van der Waals surface area contributed by atoms with E-state index in [2.05, 4.69) is 5.32 Å². The SMILES string of the molecule is COc1cc(CC(=O)OC(C)C(=O)Nc2cccc(C#N)c2)cc(OC)c1OC. The molecule has 2 rings (SSSR count). The molecule has 0 aliphatic rings. The lowest BCUT2D eigenvalue weighted by molar-refractivity contribution is -0.152. The maximum absolute atomic E-state index is 12.3. The molecule has 1 N–H and O–H groups in total. The second-order valence-electron chi connectivity index (χ2n) is 6.02. The minimum atomic E-state index is -1.02. The molecule has 0 aliphatic carbocycles. The zero-order valence-electron chi connectivity index (χ0n) is 16.6. The van der Waals surface area contributed by atoms with Crippen molar-refractivity contribution in [2.45, 2.75) is 19.4 Å². The Bertz CT molecular complexity index is 910. The van der Waals surface area contributed by atoms with Gasteiger partial charge in [-0.25, -0.2) is 0 Å². The summed E-state index contributed by atoms with van der Waals surface area (Å²) in [5.74, 6) is 0.154. The molecule has 8 nitrogen and oxygen atoms in total. The van der Waals surface area contributed by atoms with E-state index >= 15 is 0 Å². The number of hydrogen-bond acceptors (Lipinski definition) is 7. The molecule has 0 heterocycles. The summed E-state index contributed by atoms with van der Waals surface area (Å²) in [4.78, 5) is 24.5. The van der Waals surface area contributed by atoms with Crippen LogP contribution in [0.5, 0.6) is 17.2 Å². The van der Waals surface area contributed by atoms with E-state index in [1.165, 1.54) is 34.3 Å². The Balaban J connectivity index is 2.02. The van der Waals surface area contributed by atoms with Gasteiger partial charge in [-0.15, -0.1) is 0 Å². The Labute approximate surface area is 168 Å².